The quantitative estimate of drug-likeness (QED) is 0.787. The van der Waals surface area contributed by atoms with Crippen LogP contribution in [0.5, 0.6) is 0 Å². The van der Waals surface area contributed by atoms with E-state index in [-0.39, 0.29) is 5.91 Å². The van der Waals surface area contributed by atoms with Crippen LogP contribution in [0.3, 0.4) is 0 Å². The molecule has 1 aromatic heterocycles. The summed E-state index contributed by atoms with van der Waals surface area (Å²) >= 11 is 6.20. The number of ether oxygens (including phenoxy) is 1. The molecule has 10 heteroatoms. The first-order valence-corrected chi connectivity index (χ1v) is 8.71. The molecule has 3 rings (SSSR count). The summed E-state index contributed by atoms with van der Waals surface area (Å²) in [5.74, 6) is 0.505. The van der Waals surface area contributed by atoms with Crippen molar-refractivity contribution in [3.8, 4) is 0 Å². The smallest absolute Gasteiger partial charge is 0.337 e. The Kier molecular flexibility index (Phi) is 5.70. The Labute approximate surface area is 161 Å². The number of amides is 1. The van der Waals surface area contributed by atoms with E-state index in [0.717, 1.165) is 0 Å². The van der Waals surface area contributed by atoms with Crippen molar-refractivity contribution in [1.29, 1.82) is 0 Å². The maximum Gasteiger partial charge on any atom is 0.337 e. The standard InChI is InChI=1S/C17H19ClN6O3/c1-11(25)23-5-7-24(8-6-23)17-21-15(10-19-22-17)20-14-9-12(16(26)27-2)3-4-13(14)18/h3-4,9-10H,5-8H2,1-2H3,(H,20,21,22). The van der Waals surface area contributed by atoms with E-state index in [2.05, 4.69) is 20.5 Å². The number of carbonyl (C=O) groups is 2. The van der Waals surface area contributed by atoms with Crippen LogP contribution >= 0.6 is 11.6 Å². The maximum atomic E-state index is 11.7. The Hall–Kier alpha value is -2.94. The molecule has 1 saturated heterocycles. The summed E-state index contributed by atoms with van der Waals surface area (Å²) in [5.41, 5.74) is 0.874. The van der Waals surface area contributed by atoms with Gasteiger partial charge in [0.05, 0.1) is 29.6 Å². The molecule has 0 atom stereocenters. The zero-order valence-corrected chi connectivity index (χ0v) is 15.7. The second-order valence-electron chi connectivity index (χ2n) is 5.95. The van der Waals surface area contributed by atoms with Crippen molar-refractivity contribution in [2.24, 2.45) is 0 Å². The van der Waals surface area contributed by atoms with Crippen LogP contribution in [-0.4, -0.2) is 65.2 Å². The van der Waals surface area contributed by atoms with E-state index in [1.54, 1.807) is 30.0 Å². The maximum absolute atomic E-state index is 11.7. The topological polar surface area (TPSA) is 101 Å². The molecule has 1 amide bonds. The normalized spacial score (nSPS) is 14.0. The molecule has 2 heterocycles. The molecule has 0 spiro atoms. The highest BCUT2D eigenvalue weighted by molar-refractivity contribution is 6.33. The summed E-state index contributed by atoms with van der Waals surface area (Å²) in [6, 6.07) is 4.77. The van der Waals surface area contributed by atoms with Crippen LogP contribution in [0.25, 0.3) is 0 Å². The van der Waals surface area contributed by atoms with E-state index in [0.29, 0.717) is 54.2 Å². The van der Waals surface area contributed by atoms with Crippen LogP contribution in [0.1, 0.15) is 17.3 Å². The second kappa shape index (κ2) is 8.17. The Balaban J connectivity index is 1.75. The number of anilines is 3. The number of methoxy groups -OCH3 is 1. The number of carbonyl (C=O) groups excluding carboxylic acids is 2. The minimum absolute atomic E-state index is 0.0595. The molecule has 0 radical (unpaired) electrons. The fraction of sp³-hybridized carbons (Fsp3) is 0.353. The number of piperazine rings is 1. The fourth-order valence-electron chi connectivity index (χ4n) is 2.71. The van der Waals surface area contributed by atoms with E-state index < -0.39 is 5.97 Å². The van der Waals surface area contributed by atoms with Crippen LogP contribution in [0, 0.1) is 0 Å². The minimum Gasteiger partial charge on any atom is -0.465 e. The minimum atomic E-state index is -0.459. The molecule has 1 aromatic carbocycles. The van der Waals surface area contributed by atoms with Crippen molar-refractivity contribution < 1.29 is 14.3 Å². The molecule has 2 aromatic rings. The molecule has 0 saturated carbocycles. The molecule has 1 fully saturated rings. The highest BCUT2D eigenvalue weighted by atomic mass is 35.5. The van der Waals surface area contributed by atoms with Crippen molar-refractivity contribution >= 4 is 40.9 Å². The lowest BCUT2D eigenvalue weighted by atomic mass is 10.2. The van der Waals surface area contributed by atoms with Crippen LogP contribution < -0.4 is 10.2 Å². The molecular formula is C17H19ClN6O3. The third kappa shape index (κ3) is 4.43. The molecule has 1 aliphatic heterocycles. The van der Waals surface area contributed by atoms with E-state index in [1.165, 1.54) is 13.3 Å². The monoisotopic (exact) mass is 390 g/mol. The van der Waals surface area contributed by atoms with Crippen molar-refractivity contribution in [1.82, 2.24) is 20.1 Å². The number of hydrogen-bond donors (Lipinski definition) is 1. The van der Waals surface area contributed by atoms with Crippen molar-refractivity contribution in [2.75, 3.05) is 43.5 Å². The molecule has 9 nitrogen and oxygen atoms in total. The zero-order valence-electron chi connectivity index (χ0n) is 15.0. The zero-order chi connectivity index (χ0) is 19.4. The van der Waals surface area contributed by atoms with Gasteiger partial charge in [-0.2, -0.15) is 10.1 Å². The largest absolute Gasteiger partial charge is 0.465 e. The summed E-state index contributed by atoms with van der Waals surface area (Å²) in [4.78, 5) is 31.3. The average molecular weight is 391 g/mol. The van der Waals surface area contributed by atoms with E-state index in [9.17, 15) is 9.59 Å². The van der Waals surface area contributed by atoms with Gasteiger partial charge in [0.25, 0.3) is 0 Å². The Morgan fingerprint density at radius 2 is 1.96 bits per heavy atom. The Morgan fingerprint density at radius 1 is 1.22 bits per heavy atom. The second-order valence-corrected chi connectivity index (χ2v) is 6.35. The van der Waals surface area contributed by atoms with Crippen LogP contribution in [0.4, 0.5) is 17.5 Å². The molecule has 0 bridgehead atoms. The number of nitrogens with zero attached hydrogens (tertiary/aromatic N) is 5. The van der Waals surface area contributed by atoms with Crippen LogP contribution in [0.15, 0.2) is 24.4 Å². The van der Waals surface area contributed by atoms with Gasteiger partial charge in [-0.05, 0) is 18.2 Å². The highest BCUT2D eigenvalue weighted by Crippen LogP contribution is 2.26. The van der Waals surface area contributed by atoms with Crippen LogP contribution in [-0.2, 0) is 9.53 Å². The number of benzene rings is 1. The number of aromatic nitrogens is 3. The lowest BCUT2D eigenvalue weighted by molar-refractivity contribution is -0.129. The van der Waals surface area contributed by atoms with Crippen LogP contribution in [0.2, 0.25) is 5.02 Å². The van der Waals surface area contributed by atoms with Gasteiger partial charge in [0, 0.05) is 33.1 Å². The third-order valence-electron chi connectivity index (χ3n) is 4.21. The van der Waals surface area contributed by atoms with Gasteiger partial charge in [0.15, 0.2) is 5.82 Å². The summed E-state index contributed by atoms with van der Waals surface area (Å²) in [5, 5.41) is 11.5. The van der Waals surface area contributed by atoms with Crippen molar-refractivity contribution in [3.63, 3.8) is 0 Å². The molecule has 27 heavy (non-hydrogen) atoms. The van der Waals surface area contributed by atoms with E-state index >= 15 is 0 Å². The van der Waals surface area contributed by atoms with Gasteiger partial charge in [-0.25, -0.2) is 4.79 Å². The van der Waals surface area contributed by atoms with E-state index in [1.807, 2.05) is 4.90 Å². The first-order chi connectivity index (χ1) is 13.0. The number of nitrogens with one attached hydrogen (secondary N) is 1. The first kappa shape index (κ1) is 18.8. The van der Waals surface area contributed by atoms with Gasteiger partial charge < -0.3 is 19.9 Å². The molecule has 0 aliphatic carbocycles. The van der Waals surface area contributed by atoms with Gasteiger partial charge in [-0.1, -0.05) is 11.6 Å². The summed E-state index contributed by atoms with van der Waals surface area (Å²) < 4.78 is 4.72. The molecule has 142 valence electrons. The predicted octanol–water partition coefficient (Wildman–Crippen LogP) is 1.72. The number of hydrogen-bond acceptors (Lipinski definition) is 8. The molecule has 1 aliphatic rings. The van der Waals surface area contributed by atoms with Gasteiger partial charge >= 0.3 is 5.97 Å². The first-order valence-electron chi connectivity index (χ1n) is 8.33. The van der Waals surface area contributed by atoms with Gasteiger partial charge in [-0.15, -0.1) is 5.10 Å². The lowest BCUT2D eigenvalue weighted by Crippen LogP contribution is -2.48. The molecular weight excluding hydrogens is 372 g/mol. The summed E-state index contributed by atoms with van der Waals surface area (Å²) in [7, 11) is 1.32. The number of esters is 1. The van der Waals surface area contributed by atoms with Crippen molar-refractivity contribution in [3.05, 3.63) is 35.0 Å². The summed E-state index contributed by atoms with van der Waals surface area (Å²) in [6.45, 7) is 4.05. The summed E-state index contributed by atoms with van der Waals surface area (Å²) in [6.07, 6.45) is 1.47. The fourth-order valence-corrected chi connectivity index (χ4v) is 2.88. The van der Waals surface area contributed by atoms with E-state index in [4.69, 9.17) is 16.3 Å². The van der Waals surface area contributed by atoms with Crippen molar-refractivity contribution in [2.45, 2.75) is 6.92 Å². The van der Waals surface area contributed by atoms with Gasteiger partial charge in [0.2, 0.25) is 11.9 Å². The Bertz CT molecular complexity index is 854. The third-order valence-corrected chi connectivity index (χ3v) is 4.54. The number of rotatable bonds is 4. The molecule has 1 N–H and O–H groups in total. The highest BCUT2D eigenvalue weighted by Gasteiger charge is 2.21. The lowest BCUT2D eigenvalue weighted by Gasteiger charge is -2.33. The van der Waals surface area contributed by atoms with Gasteiger partial charge in [0.1, 0.15) is 0 Å². The number of halogens is 1. The SMILES string of the molecule is COC(=O)c1ccc(Cl)c(Nc2cnnc(N3CCN(C(C)=O)CC3)n2)c1. The Morgan fingerprint density at radius 3 is 2.63 bits per heavy atom. The average Bonchev–Trinajstić information content (AvgIpc) is 2.69. The predicted molar refractivity (Wildman–Crippen MR) is 100 cm³/mol. The molecule has 0 unspecified atom stereocenters. The van der Waals surface area contributed by atoms with Gasteiger partial charge in [-0.3, -0.25) is 4.79 Å².